The Kier molecular flexibility index (Phi) is 4.54. The summed E-state index contributed by atoms with van der Waals surface area (Å²) in [5, 5.41) is 18.8. The van der Waals surface area contributed by atoms with E-state index in [-0.39, 0.29) is 0 Å². The van der Waals surface area contributed by atoms with Crippen LogP contribution in [0, 0.1) is 0 Å². The van der Waals surface area contributed by atoms with E-state index in [4.69, 9.17) is 10.5 Å². The monoisotopic (exact) mass is 252 g/mol. The lowest BCUT2D eigenvalue weighted by atomic mass is 10.2. The number of rotatable bonds is 5. The lowest BCUT2D eigenvalue weighted by Gasteiger charge is -2.15. The quantitative estimate of drug-likeness (QED) is 0.662. The van der Waals surface area contributed by atoms with Crippen LogP contribution in [0.1, 0.15) is 5.56 Å². The predicted octanol–water partition coefficient (Wildman–Crippen LogP) is -0.439. The molecule has 0 saturated carbocycles. The van der Waals surface area contributed by atoms with Crippen LogP contribution in [0.2, 0.25) is 0 Å². The van der Waals surface area contributed by atoms with Crippen LogP contribution in [0.4, 0.5) is 0 Å². The molecule has 4 N–H and O–H groups in total. The third-order valence-electron chi connectivity index (χ3n) is 3.15. The molecular formula is C13H20N2O3. The molecule has 1 aliphatic rings. The van der Waals surface area contributed by atoms with Crippen LogP contribution in [-0.4, -0.2) is 53.6 Å². The van der Waals surface area contributed by atoms with Gasteiger partial charge >= 0.3 is 0 Å². The molecule has 18 heavy (non-hydrogen) atoms. The van der Waals surface area contributed by atoms with Crippen molar-refractivity contribution in [1.82, 2.24) is 4.90 Å². The molecular weight excluding hydrogens is 232 g/mol. The van der Waals surface area contributed by atoms with Gasteiger partial charge in [0.25, 0.3) is 0 Å². The average Bonchev–Trinajstić information content (AvgIpc) is 2.69. The van der Waals surface area contributed by atoms with E-state index in [1.807, 2.05) is 29.2 Å². The lowest BCUT2D eigenvalue weighted by Crippen LogP contribution is -2.27. The zero-order chi connectivity index (χ0) is 13.0. The molecule has 2 atom stereocenters. The summed E-state index contributed by atoms with van der Waals surface area (Å²) < 4.78 is 5.62. The molecule has 1 aromatic rings. The van der Waals surface area contributed by atoms with Gasteiger partial charge in [-0.15, -0.1) is 0 Å². The molecule has 0 amide bonds. The van der Waals surface area contributed by atoms with E-state index in [9.17, 15) is 10.2 Å². The van der Waals surface area contributed by atoms with Gasteiger partial charge in [-0.3, -0.25) is 4.90 Å². The van der Waals surface area contributed by atoms with E-state index >= 15 is 0 Å². The molecule has 0 radical (unpaired) electrons. The summed E-state index contributed by atoms with van der Waals surface area (Å²) in [5.74, 6) is 0.804. The van der Waals surface area contributed by atoms with Crippen LogP contribution in [0.3, 0.4) is 0 Å². The molecule has 1 fully saturated rings. The van der Waals surface area contributed by atoms with Crippen molar-refractivity contribution < 1.29 is 14.9 Å². The number of likely N-dealkylation sites (tertiary alicyclic amines) is 1. The van der Waals surface area contributed by atoms with Crippen LogP contribution >= 0.6 is 0 Å². The Morgan fingerprint density at radius 1 is 1.28 bits per heavy atom. The Bertz CT molecular complexity index is 376. The standard InChI is InChI=1S/C13H20N2O3/c14-7-10-2-1-3-11(6-10)18-5-4-15-8-12(16)13(17)9-15/h1-3,6,12-13,16-17H,4-5,7-9,14H2. The number of aliphatic hydroxyl groups is 2. The SMILES string of the molecule is NCc1cccc(OCCN2CC(O)C(O)C2)c1. The Morgan fingerprint density at radius 2 is 2.00 bits per heavy atom. The van der Waals surface area contributed by atoms with Gasteiger partial charge in [0.1, 0.15) is 12.4 Å². The van der Waals surface area contributed by atoms with E-state index in [1.54, 1.807) is 0 Å². The summed E-state index contributed by atoms with van der Waals surface area (Å²) >= 11 is 0. The molecule has 2 rings (SSSR count). The van der Waals surface area contributed by atoms with Gasteiger partial charge in [-0.25, -0.2) is 0 Å². The van der Waals surface area contributed by atoms with Crippen LogP contribution in [0.15, 0.2) is 24.3 Å². The number of aliphatic hydroxyl groups excluding tert-OH is 2. The molecule has 100 valence electrons. The van der Waals surface area contributed by atoms with E-state index in [2.05, 4.69) is 0 Å². The Morgan fingerprint density at radius 3 is 2.67 bits per heavy atom. The highest BCUT2D eigenvalue weighted by molar-refractivity contribution is 5.28. The van der Waals surface area contributed by atoms with Crippen LogP contribution in [-0.2, 0) is 6.54 Å². The predicted molar refractivity (Wildman–Crippen MR) is 68.3 cm³/mol. The smallest absolute Gasteiger partial charge is 0.119 e. The Hall–Kier alpha value is -1.14. The number of hydrogen-bond acceptors (Lipinski definition) is 5. The first-order valence-electron chi connectivity index (χ1n) is 6.19. The number of β-amino-alcohol motifs (C(OH)–C–C–N with tert-alkyl or cyclic N) is 2. The van der Waals surface area contributed by atoms with Crippen LogP contribution < -0.4 is 10.5 Å². The first kappa shape index (κ1) is 13.3. The van der Waals surface area contributed by atoms with Gasteiger partial charge in [0.2, 0.25) is 0 Å². The highest BCUT2D eigenvalue weighted by Gasteiger charge is 2.28. The van der Waals surface area contributed by atoms with Gasteiger partial charge in [0.15, 0.2) is 0 Å². The summed E-state index contributed by atoms with van der Waals surface area (Å²) in [6.07, 6.45) is -1.27. The third-order valence-corrected chi connectivity index (χ3v) is 3.15. The molecule has 0 bridgehead atoms. The minimum Gasteiger partial charge on any atom is -0.492 e. The Balaban J connectivity index is 1.75. The molecule has 0 aromatic heterocycles. The minimum absolute atomic E-state index is 0.502. The molecule has 1 aliphatic heterocycles. The fraction of sp³-hybridized carbons (Fsp3) is 0.538. The molecule has 5 heteroatoms. The number of hydrogen-bond donors (Lipinski definition) is 3. The van der Waals surface area contributed by atoms with Crippen molar-refractivity contribution in [3.05, 3.63) is 29.8 Å². The Labute approximate surface area is 107 Å². The molecule has 2 unspecified atom stereocenters. The van der Waals surface area contributed by atoms with Gasteiger partial charge in [0, 0.05) is 26.2 Å². The van der Waals surface area contributed by atoms with Crippen molar-refractivity contribution in [2.75, 3.05) is 26.2 Å². The summed E-state index contributed by atoms with van der Waals surface area (Å²) in [5.41, 5.74) is 6.60. The zero-order valence-electron chi connectivity index (χ0n) is 10.3. The highest BCUT2D eigenvalue weighted by Crippen LogP contribution is 2.14. The van der Waals surface area contributed by atoms with Gasteiger partial charge in [-0.1, -0.05) is 12.1 Å². The molecule has 0 aliphatic carbocycles. The highest BCUT2D eigenvalue weighted by atomic mass is 16.5. The number of ether oxygens (including phenoxy) is 1. The van der Waals surface area contributed by atoms with Crippen molar-refractivity contribution >= 4 is 0 Å². The van der Waals surface area contributed by atoms with Gasteiger partial charge < -0.3 is 20.7 Å². The second-order valence-electron chi connectivity index (χ2n) is 4.59. The normalized spacial score (nSPS) is 24.4. The van der Waals surface area contributed by atoms with Crippen molar-refractivity contribution in [1.29, 1.82) is 0 Å². The summed E-state index contributed by atoms with van der Waals surface area (Å²) in [6.45, 7) is 2.75. The largest absolute Gasteiger partial charge is 0.492 e. The van der Waals surface area contributed by atoms with Crippen molar-refractivity contribution in [2.45, 2.75) is 18.8 Å². The molecule has 1 heterocycles. The van der Waals surface area contributed by atoms with Gasteiger partial charge in [-0.2, -0.15) is 0 Å². The topological polar surface area (TPSA) is 79.0 Å². The van der Waals surface area contributed by atoms with E-state index < -0.39 is 12.2 Å². The maximum Gasteiger partial charge on any atom is 0.119 e. The van der Waals surface area contributed by atoms with E-state index in [0.717, 1.165) is 11.3 Å². The number of nitrogens with two attached hydrogens (primary N) is 1. The van der Waals surface area contributed by atoms with Gasteiger partial charge in [0.05, 0.1) is 12.2 Å². The molecule has 5 nitrogen and oxygen atoms in total. The second-order valence-corrected chi connectivity index (χ2v) is 4.59. The van der Waals surface area contributed by atoms with Crippen LogP contribution in [0.5, 0.6) is 5.75 Å². The van der Waals surface area contributed by atoms with Crippen LogP contribution in [0.25, 0.3) is 0 Å². The maximum atomic E-state index is 9.41. The third kappa shape index (κ3) is 3.43. The van der Waals surface area contributed by atoms with E-state index in [1.165, 1.54) is 0 Å². The molecule has 0 spiro atoms. The number of benzene rings is 1. The fourth-order valence-corrected chi connectivity index (χ4v) is 2.08. The number of nitrogens with zero attached hydrogens (tertiary/aromatic N) is 1. The lowest BCUT2D eigenvalue weighted by molar-refractivity contribution is 0.0572. The summed E-state index contributed by atoms with van der Waals surface area (Å²) in [4.78, 5) is 1.99. The zero-order valence-corrected chi connectivity index (χ0v) is 10.3. The van der Waals surface area contributed by atoms with Crippen molar-refractivity contribution in [3.63, 3.8) is 0 Å². The molecule has 1 saturated heterocycles. The first-order chi connectivity index (χ1) is 8.69. The van der Waals surface area contributed by atoms with Gasteiger partial charge in [-0.05, 0) is 17.7 Å². The minimum atomic E-state index is -0.634. The van der Waals surface area contributed by atoms with E-state index in [0.29, 0.717) is 32.8 Å². The summed E-state index contributed by atoms with van der Waals surface area (Å²) in [7, 11) is 0. The summed E-state index contributed by atoms with van der Waals surface area (Å²) in [6, 6.07) is 7.70. The average molecular weight is 252 g/mol. The van der Waals surface area contributed by atoms with Crippen molar-refractivity contribution in [2.24, 2.45) is 5.73 Å². The van der Waals surface area contributed by atoms with Crippen molar-refractivity contribution in [3.8, 4) is 5.75 Å². The second kappa shape index (κ2) is 6.15. The maximum absolute atomic E-state index is 9.41. The fourth-order valence-electron chi connectivity index (χ4n) is 2.08. The first-order valence-corrected chi connectivity index (χ1v) is 6.19. The molecule has 1 aromatic carbocycles.